The zero-order chi connectivity index (χ0) is 12.0. The summed E-state index contributed by atoms with van der Waals surface area (Å²) in [4.78, 5) is 10.0. The first-order chi connectivity index (χ1) is 8.16. The number of hydroxylamine groups is 1. The van der Waals surface area contributed by atoms with Gasteiger partial charge in [0.15, 0.2) is 11.3 Å². The molecule has 1 atom stereocenters. The first-order valence-corrected chi connectivity index (χ1v) is 5.42. The number of methoxy groups -OCH3 is 1. The number of benzene rings is 1. The second kappa shape index (κ2) is 3.23. The van der Waals surface area contributed by atoms with E-state index in [1.807, 2.05) is 38.1 Å². The number of hydrogen-bond acceptors (Lipinski definition) is 5. The van der Waals surface area contributed by atoms with Gasteiger partial charge in [0.2, 0.25) is 0 Å². The van der Waals surface area contributed by atoms with Crippen LogP contribution < -0.4 is 4.84 Å². The molecule has 3 rings (SSSR count). The number of amidine groups is 1. The van der Waals surface area contributed by atoms with Gasteiger partial charge in [0.25, 0.3) is 0 Å². The van der Waals surface area contributed by atoms with Gasteiger partial charge in [-0.2, -0.15) is 0 Å². The molecule has 5 heteroatoms. The molecule has 1 aromatic carbocycles. The molecular weight excluding hydrogens is 218 g/mol. The molecule has 0 aromatic heterocycles. The molecule has 0 saturated heterocycles. The van der Waals surface area contributed by atoms with E-state index < -0.39 is 5.54 Å². The molecule has 5 nitrogen and oxygen atoms in total. The summed E-state index contributed by atoms with van der Waals surface area (Å²) >= 11 is 0. The van der Waals surface area contributed by atoms with Crippen molar-refractivity contribution in [2.45, 2.75) is 19.4 Å². The van der Waals surface area contributed by atoms with Crippen molar-refractivity contribution in [3.05, 3.63) is 29.8 Å². The average molecular weight is 231 g/mol. The molecule has 17 heavy (non-hydrogen) atoms. The highest BCUT2D eigenvalue weighted by Crippen LogP contribution is 2.44. The van der Waals surface area contributed by atoms with E-state index in [2.05, 4.69) is 10.1 Å². The van der Waals surface area contributed by atoms with Crippen LogP contribution in [0, 0.1) is 0 Å². The van der Waals surface area contributed by atoms with E-state index in [1.54, 1.807) is 12.3 Å². The van der Waals surface area contributed by atoms with Crippen molar-refractivity contribution in [3.8, 4) is 5.75 Å². The fourth-order valence-corrected chi connectivity index (χ4v) is 2.13. The third kappa shape index (κ3) is 1.19. The monoisotopic (exact) mass is 231 g/mol. The van der Waals surface area contributed by atoms with Crippen LogP contribution >= 0.6 is 0 Å². The Kier molecular flexibility index (Phi) is 1.92. The lowest BCUT2D eigenvalue weighted by atomic mass is 9.88. The van der Waals surface area contributed by atoms with Gasteiger partial charge >= 0.3 is 6.02 Å². The molecule has 88 valence electrons. The first kappa shape index (κ1) is 10.1. The molecule has 0 radical (unpaired) electrons. The Balaban J connectivity index is 2.16. The van der Waals surface area contributed by atoms with Gasteiger partial charge in [-0.25, -0.2) is 4.99 Å². The number of hydrogen-bond donors (Lipinski definition) is 0. The van der Waals surface area contributed by atoms with Crippen molar-refractivity contribution in [3.63, 3.8) is 0 Å². The third-order valence-corrected chi connectivity index (χ3v) is 3.31. The van der Waals surface area contributed by atoms with E-state index in [9.17, 15) is 0 Å². The smallest absolute Gasteiger partial charge is 0.336 e. The number of ether oxygens (including phenoxy) is 1. The zero-order valence-electron chi connectivity index (χ0n) is 9.97. The Labute approximate surface area is 99.3 Å². The van der Waals surface area contributed by atoms with Gasteiger partial charge in [0.1, 0.15) is 0 Å². The summed E-state index contributed by atoms with van der Waals surface area (Å²) in [6.07, 6.45) is 0. The molecule has 1 aromatic rings. The van der Waals surface area contributed by atoms with Gasteiger partial charge in [0.05, 0.1) is 12.8 Å². The van der Waals surface area contributed by atoms with Crippen LogP contribution in [0.25, 0.3) is 0 Å². The number of rotatable bonds is 0. The molecule has 2 heterocycles. The van der Waals surface area contributed by atoms with Gasteiger partial charge < -0.3 is 9.57 Å². The summed E-state index contributed by atoms with van der Waals surface area (Å²) < 4.78 is 5.05. The molecule has 0 N–H and O–H groups in total. The van der Waals surface area contributed by atoms with Crippen LogP contribution in [0.4, 0.5) is 0 Å². The Morgan fingerprint density at radius 3 is 2.88 bits per heavy atom. The third-order valence-electron chi connectivity index (χ3n) is 3.31. The van der Waals surface area contributed by atoms with Crippen LogP contribution in [0.3, 0.4) is 0 Å². The highest BCUT2D eigenvalue weighted by molar-refractivity contribution is 6.01. The quantitative estimate of drug-likeness (QED) is 0.685. The number of aliphatic imine (C=N–C) groups is 1. The van der Waals surface area contributed by atoms with Crippen molar-refractivity contribution in [1.29, 1.82) is 0 Å². The largest absolute Gasteiger partial charge is 0.466 e. The predicted octanol–water partition coefficient (Wildman–Crippen LogP) is 1.90. The van der Waals surface area contributed by atoms with Crippen LogP contribution in [0.2, 0.25) is 0 Å². The summed E-state index contributed by atoms with van der Waals surface area (Å²) in [5.74, 6) is 0.811. The number of nitrogens with zero attached hydrogens (tertiary/aromatic N) is 3. The molecule has 2 aliphatic heterocycles. The first-order valence-electron chi connectivity index (χ1n) is 5.42. The molecule has 0 fully saturated rings. The highest BCUT2D eigenvalue weighted by atomic mass is 16.7. The van der Waals surface area contributed by atoms with Crippen LogP contribution in [0.1, 0.15) is 19.4 Å². The van der Waals surface area contributed by atoms with Crippen molar-refractivity contribution in [2.24, 2.45) is 10.1 Å². The molecule has 1 unspecified atom stereocenters. The van der Waals surface area contributed by atoms with E-state index in [0.717, 1.165) is 17.0 Å². The zero-order valence-corrected chi connectivity index (χ0v) is 9.97. The maximum Gasteiger partial charge on any atom is 0.336 e. The average Bonchev–Trinajstić information content (AvgIpc) is 2.64. The van der Waals surface area contributed by atoms with Crippen LogP contribution in [0.15, 0.2) is 34.4 Å². The van der Waals surface area contributed by atoms with Crippen molar-refractivity contribution in [2.75, 3.05) is 7.11 Å². The second-order valence-electron chi connectivity index (χ2n) is 4.22. The van der Waals surface area contributed by atoms with E-state index in [-0.39, 0.29) is 0 Å². The van der Waals surface area contributed by atoms with Gasteiger partial charge in [-0.15, -0.1) is 5.17 Å². The molecule has 0 spiro atoms. The fraction of sp³-hybridized carbons (Fsp3) is 0.333. The van der Waals surface area contributed by atoms with Crippen molar-refractivity contribution in [1.82, 2.24) is 5.17 Å². The standard InChI is InChI=1S/C12H13N3O2/c1-8-12(2)9-6-4-5-7-10(9)17-15(12)14-11(13-8)16-3/h4-7H,1-3H3. The van der Waals surface area contributed by atoms with E-state index in [4.69, 9.17) is 9.57 Å². The van der Waals surface area contributed by atoms with E-state index in [1.165, 1.54) is 0 Å². The fourth-order valence-electron chi connectivity index (χ4n) is 2.13. The van der Waals surface area contributed by atoms with Crippen molar-refractivity contribution < 1.29 is 9.57 Å². The SMILES string of the molecule is COC1=NN2Oc3ccccc3C2(C)C(C)=N1. The van der Waals surface area contributed by atoms with Gasteiger partial charge in [-0.1, -0.05) is 23.3 Å². The normalized spacial score (nSPS) is 25.5. The summed E-state index contributed by atoms with van der Waals surface area (Å²) in [5.41, 5.74) is 1.52. The summed E-state index contributed by atoms with van der Waals surface area (Å²) in [5, 5.41) is 5.77. The van der Waals surface area contributed by atoms with Gasteiger partial charge in [0, 0.05) is 5.56 Å². The Morgan fingerprint density at radius 2 is 2.12 bits per heavy atom. The van der Waals surface area contributed by atoms with E-state index in [0.29, 0.717) is 6.02 Å². The van der Waals surface area contributed by atoms with Crippen LogP contribution in [-0.4, -0.2) is 24.0 Å². The Hall–Kier alpha value is -2.04. The predicted molar refractivity (Wildman–Crippen MR) is 63.8 cm³/mol. The molecule has 0 aliphatic carbocycles. The number of para-hydroxylation sites is 1. The highest BCUT2D eigenvalue weighted by Gasteiger charge is 2.48. The molecular formula is C12H13N3O2. The lowest BCUT2D eigenvalue weighted by Crippen LogP contribution is -2.46. The van der Waals surface area contributed by atoms with Crippen molar-refractivity contribution >= 4 is 11.7 Å². The minimum absolute atomic E-state index is 0.313. The maximum absolute atomic E-state index is 5.70. The van der Waals surface area contributed by atoms with Crippen LogP contribution in [0.5, 0.6) is 5.75 Å². The topological polar surface area (TPSA) is 46.4 Å². The minimum atomic E-state index is -0.446. The summed E-state index contributed by atoms with van der Waals surface area (Å²) in [7, 11) is 1.54. The lowest BCUT2D eigenvalue weighted by Gasteiger charge is -2.32. The van der Waals surface area contributed by atoms with Gasteiger partial charge in [-0.3, -0.25) is 0 Å². The second-order valence-corrected chi connectivity index (χ2v) is 4.22. The van der Waals surface area contributed by atoms with E-state index >= 15 is 0 Å². The molecule has 0 amide bonds. The minimum Gasteiger partial charge on any atom is -0.466 e. The number of hydrazone groups is 1. The molecule has 0 saturated carbocycles. The lowest BCUT2D eigenvalue weighted by molar-refractivity contribution is -0.0915. The maximum atomic E-state index is 5.70. The van der Waals surface area contributed by atoms with Crippen LogP contribution in [-0.2, 0) is 10.3 Å². The van der Waals surface area contributed by atoms with Gasteiger partial charge in [-0.05, 0) is 19.9 Å². The Morgan fingerprint density at radius 1 is 1.35 bits per heavy atom. The number of fused-ring (bicyclic) bond motifs is 3. The molecule has 2 aliphatic rings. The molecule has 0 bridgehead atoms. The Bertz CT molecular complexity index is 538. The summed E-state index contributed by atoms with van der Waals surface area (Å²) in [6.45, 7) is 3.99. The summed E-state index contributed by atoms with van der Waals surface area (Å²) in [6, 6.07) is 8.19.